The van der Waals surface area contributed by atoms with E-state index >= 15 is 0 Å². The maximum atomic E-state index is 4.18. The summed E-state index contributed by atoms with van der Waals surface area (Å²) in [7, 11) is 0. The molecule has 90 valence electrons. The number of hydrogen-bond donors (Lipinski definition) is 0. The molecule has 0 amide bonds. The Balaban J connectivity index is 2.14. The van der Waals surface area contributed by atoms with Gasteiger partial charge < -0.3 is 0 Å². The minimum Gasteiger partial charge on any atom is -0.248 e. The minimum atomic E-state index is 0.299. The van der Waals surface area contributed by atoms with Crippen molar-refractivity contribution in [2.45, 2.75) is 31.6 Å². The summed E-state index contributed by atoms with van der Waals surface area (Å²) in [6.45, 7) is 5.02. The number of halogens is 1. The molecular weight excluding hydrogens is 278 g/mol. The fourth-order valence-electron chi connectivity index (χ4n) is 1.71. The van der Waals surface area contributed by atoms with Gasteiger partial charge in [0.05, 0.1) is 17.1 Å². The van der Waals surface area contributed by atoms with E-state index in [0.717, 1.165) is 18.7 Å². The summed E-state index contributed by atoms with van der Waals surface area (Å²) in [5, 5.41) is 8.34. The Morgan fingerprint density at radius 1 is 1.35 bits per heavy atom. The summed E-state index contributed by atoms with van der Waals surface area (Å²) in [6, 6.07) is 8.35. The lowest BCUT2D eigenvalue weighted by molar-refractivity contribution is 0.647. The first kappa shape index (κ1) is 12.3. The topological polar surface area (TPSA) is 30.7 Å². The van der Waals surface area contributed by atoms with Crippen molar-refractivity contribution in [3.63, 3.8) is 0 Å². The fourth-order valence-corrected chi connectivity index (χ4v) is 1.92. The molecule has 4 heteroatoms. The number of hydrogen-bond acceptors (Lipinski definition) is 2. The van der Waals surface area contributed by atoms with Crippen LogP contribution in [0.4, 0.5) is 0 Å². The molecule has 1 aromatic carbocycles. The van der Waals surface area contributed by atoms with Crippen molar-refractivity contribution >= 4 is 15.9 Å². The van der Waals surface area contributed by atoms with Crippen LogP contribution in [0.15, 0.2) is 30.5 Å². The van der Waals surface area contributed by atoms with Crippen LogP contribution in [0.5, 0.6) is 0 Å². The molecule has 3 nitrogen and oxygen atoms in total. The van der Waals surface area contributed by atoms with Crippen LogP contribution in [0.25, 0.3) is 0 Å². The van der Waals surface area contributed by atoms with Gasteiger partial charge in [-0.05, 0) is 24.5 Å². The SMILES string of the molecule is CCC(Br)c1cn(Cc2ccccc2C)nn1. The Labute approximate surface area is 110 Å². The molecule has 0 spiro atoms. The number of alkyl halides is 1. The van der Waals surface area contributed by atoms with Crippen LogP contribution in [0.3, 0.4) is 0 Å². The second-order valence-electron chi connectivity index (χ2n) is 4.14. The summed E-state index contributed by atoms with van der Waals surface area (Å²) >= 11 is 3.58. The molecule has 0 saturated carbocycles. The van der Waals surface area contributed by atoms with Gasteiger partial charge in [0.15, 0.2) is 0 Å². The van der Waals surface area contributed by atoms with Gasteiger partial charge in [-0.15, -0.1) is 5.10 Å². The van der Waals surface area contributed by atoms with Crippen molar-refractivity contribution in [1.29, 1.82) is 0 Å². The molecule has 1 unspecified atom stereocenters. The highest BCUT2D eigenvalue weighted by Gasteiger charge is 2.09. The summed E-state index contributed by atoms with van der Waals surface area (Å²) in [6.07, 6.45) is 3.03. The van der Waals surface area contributed by atoms with Crippen LogP contribution < -0.4 is 0 Å². The summed E-state index contributed by atoms with van der Waals surface area (Å²) in [5.41, 5.74) is 3.57. The molecule has 2 rings (SSSR count). The number of rotatable bonds is 4. The molecule has 1 heterocycles. The van der Waals surface area contributed by atoms with Crippen LogP contribution in [-0.2, 0) is 6.54 Å². The van der Waals surface area contributed by atoms with Gasteiger partial charge in [0.25, 0.3) is 0 Å². The molecule has 0 aliphatic heterocycles. The zero-order valence-electron chi connectivity index (χ0n) is 10.1. The first-order valence-electron chi connectivity index (χ1n) is 5.79. The van der Waals surface area contributed by atoms with E-state index < -0.39 is 0 Å². The third-order valence-corrected chi connectivity index (χ3v) is 3.95. The summed E-state index contributed by atoms with van der Waals surface area (Å²) < 4.78 is 1.89. The van der Waals surface area contributed by atoms with Gasteiger partial charge in [-0.3, -0.25) is 0 Å². The molecule has 0 N–H and O–H groups in total. The summed E-state index contributed by atoms with van der Waals surface area (Å²) in [5.74, 6) is 0. The Morgan fingerprint density at radius 3 is 2.82 bits per heavy atom. The van der Waals surface area contributed by atoms with Gasteiger partial charge in [0.2, 0.25) is 0 Å². The van der Waals surface area contributed by atoms with Gasteiger partial charge in [-0.25, -0.2) is 4.68 Å². The molecular formula is C13H16BrN3. The van der Waals surface area contributed by atoms with Crippen molar-refractivity contribution in [3.8, 4) is 0 Å². The quantitative estimate of drug-likeness (QED) is 0.808. The fraction of sp³-hybridized carbons (Fsp3) is 0.385. The van der Waals surface area contributed by atoms with E-state index in [4.69, 9.17) is 0 Å². The normalized spacial score (nSPS) is 12.6. The van der Waals surface area contributed by atoms with Crippen molar-refractivity contribution in [2.75, 3.05) is 0 Å². The van der Waals surface area contributed by atoms with E-state index in [1.807, 2.05) is 10.9 Å². The number of nitrogens with zero attached hydrogens (tertiary/aromatic N) is 3. The van der Waals surface area contributed by atoms with Crippen molar-refractivity contribution in [2.24, 2.45) is 0 Å². The van der Waals surface area contributed by atoms with Gasteiger partial charge in [-0.1, -0.05) is 52.3 Å². The van der Waals surface area contributed by atoms with Crippen LogP contribution in [0.1, 0.15) is 35.0 Å². The van der Waals surface area contributed by atoms with Crippen LogP contribution in [0.2, 0.25) is 0 Å². The van der Waals surface area contributed by atoms with E-state index in [1.165, 1.54) is 11.1 Å². The number of aromatic nitrogens is 3. The van der Waals surface area contributed by atoms with Gasteiger partial charge in [-0.2, -0.15) is 0 Å². The predicted molar refractivity (Wildman–Crippen MR) is 72.3 cm³/mol. The van der Waals surface area contributed by atoms with E-state index in [1.54, 1.807) is 0 Å². The average Bonchev–Trinajstić information content (AvgIpc) is 2.80. The van der Waals surface area contributed by atoms with Crippen molar-refractivity contribution < 1.29 is 0 Å². The lowest BCUT2D eigenvalue weighted by Gasteiger charge is -2.04. The van der Waals surface area contributed by atoms with E-state index in [9.17, 15) is 0 Å². The first-order valence-corrected chi connectivity index (χ1v) is 6.71. The lowest BCUT2D eigenvalue weighted by Crippen LogP contribution is -2.01. The highest BCUT2D eigenvalue weighted by Crippen LogP contribution is 2.23. The Morgan fingerprint density at radius 2 is 2.12 bits per heavy atom. The second kappa shape index (κ2) is 5.45. The molecule has 17 heavy (non-hydrogen) atoms. The Kier molecular flexibility index (Phi) is 3.94. The highest BCUT2D eigenvalue weighted by atomic mass is 79.9. The smallest absolute Gasteiger partial charge is 0.0963 e. The van der Waals surface area contributed by atoms with Crippen LogP contribution >= 0.6 is 15.9 Å². The maximum Gasteiger partial charge on any atom is 0.0963 e. The Bertz CT molecular complexity index is 493. The van der Waals surface area contributed by atoms with Crippen molar-refractivity contribution in [3.05, 3.63) is 47.3 Å². The monoisotopic (exact) mass is 293 g/mol. The second-order valence-corrected chi connectivity index (χ2v) is 5.25. The predicted octanol–water partition coefficient (Wildman–Crippen LogP) is 3.48. The molecule has 2 aromatic rings. The summed E-state index contributed by atoms with van der Waals surface area (Å²) in [4.78, 5) is 0.299. The standard InChI is InChI=1S/C13H16BrN3/c1-3-12(14)13-9-17(16-15-13)8-11-7-5-4-6-10(11)2/h4-7,9,12H,3,8H2,1-2H3. The van der Waals surface area contributed by atoms with Crippen molar-refractivity contribution in [1.82, 2.24) is 15.0 Å². The molecule has 0 aliphatic carbocycles. The third kappa shape index (κ3) is 2.94. The zero-order valence-corrected chi connectivity index (χ0v) is 11.7. The van der Waals surface area contributed by atoms with Crippen LogP contribution in [0, 0.1) is 6.92 Å². The minimum absolute atomic E-state index is 0.299. The van der Waals surface area contributed by atoms with E-state index in [0.29, 0.717) is 4.83 Å². The Hall–Kier alpha value is -1.16. The third-order valence-electron chi connectivity index (χ3n) is 2.83. The van der Waals surface area contributed by atoms with Gasteiger partial charge >= 0.3 is 0 Å². The molecule has 0 radical (unpaired) electrons. The lowest BCUT2D eigenvalue weighted by atomic mass is 10.1. The largest absolute Gasteiger partial charge is 0.248 e. The molecule has 0 fully saturated rings. The highest BCUT2D eigenvalue weighted by molar-refractivity contribution is 9.09. The van der Waals surface area contributed by atoms with E-state index in [2.05, 4.69) is 64.4 Å². The molecule has 0 aliphatic rings. The molecule has 0 bridgehead atoms. The average molecular weight is 294 g/mol. The van der Waals surface area contributed by atoms with E-state index in [-0.39, 0.29) is 0 Å². The molecule has 1 aromatic heterocycles. The maximum absolute atomic E-state index is 4.18. The zero-order chi connectivity index (χ0) is 12.3. The van der Waals surface area contributed by atoms with Gasteiger partial charge in [0, 0.05) is 6.20 Å². The molecule has 1 atom stereocenters. The number of benzene rings is 1. The van der Waals surface area contributed by atoms with Crippen LogP contribution in [-0.4, -0.2) is 15.0 Å². The number of aryl methyl sites for hydroxylation is 1. The van der Waals surface area contributed by atoms with Gasteiger partial charge in [0.1, 0.15) is 0 Å². The first-order chi connectivity index (χ1) is 8.20. The molecule has 0 saturated heterocycles.